The van der Waals surface area contributed by atoms with E-state index < -0.39 is 0 Å². The van der Waals surface area contributed by atoms with Gasteiger partial charge in [-0.05, 0) is 53.6 Å². The van der Waals surface area contributed by atoms with Crippen molar-refractivity contribution >= 4 is 12.1 Å². The second-order valence-corrected chi connectivity index (χ2v) is 6.11. The van der Waals surface area contributed by atoms with Gasteiger partial charge in [0.25, 0.3) is 5.91 Å². The van der Waals surface area contributed by atoms with Gasteiger partial charge in [0.15, 0.2) is 11.5 Å². The maximum atomic E-state index is 12.1. The van der Waals surface area contributed by atoms with E-state index >= 15 is 0 Å². The summed E-state index contributed by atoms with van der Waals surface area (Å²) in [5.74, 6) is 1.60. The van der Waals surface area contributed by atoms with Crippen molar-refractivity contribution in [2.75, 3.05) is 14.2 Å². The average molecular weight is 390 g/mol. The van der Waals surface area contributed by atoms with Gasteiger partial charge in [0, 0.05) is 5.56 Å². The second kappa shape index (κ2) is 9.94. The smallest absolute Gasteiger partial charge is 0.271 e. The number of carbonyl (C=O) groups excluding carboxylic acids is 1. The molecule has 0 saturated heterocycles. The van der Waals surface area contributed by atoms with Crippen molar-refractivity contribution < 1.29 is 19.0 Å². The van der Waals surface area contributed by atoms with E-state index in [1.807, 2.05) is 42.5 Å². The summed E-state index contributed by atoms with van der Waals surface area (Å²) in [6, 6.07) is 22.1. The van der Waals surface area contributed by atoms with Gasteiger partial charge in [-0.1, -0.05) is 30.3 Å². The molecule has 0 radical (unpaired) electrons. The molecule has 0 aliphatic carbocycles. The Bertz CT molecular complexity index is 970. The lowest BCUT2D eigenvalue weighted by Gasteiger charge is -2.11. The van der Waals surface area contributed by atoms with Gasteiger partial charge in [-0.2, -0.15) is 5.10 Å². The molecule has 0 aliphatic heterocycles. The van der Waals surface area contributed by atoms with Gasteiger partial charge < -0.3 is 14.2 Å². The van der Waals surface area contributed by atoms with Crippen LogP contribution in [0.2, 0.25) is 0 Å². The van der Waals surface area contributed by atoms with Crippen LogP contribution in [0.5, 0.6) is 17.2 Å². The van der Waals surface area contributed by atoms with Crippen molar-refractivity contribution in [3.8, 4) is 17.2 Å². The Hall–Kier alpha value is -3.80. The number of hydrazone groups is 1. The molecular weight excluding hydrogens is 368 g/mol. The normalized spacial score (nSPS) is 10.6. The number of carbonyl (C=O) groups is 1. The van der Waals surface area contributed by atoms with E-state index in [4.69, 9.17) is 14.2 Å². The summed E-state index contributed by atoms with van der Waals surface area (Å²) in [5, 5.41) is 4.01. The number of rotatable bonds is 8. The predicted molar refractivity (Wildman–Crippen MR) is 112 cm³/mol. The topological polar surface area (TPSA) is 69.2 Å². The standard InChI is InChI=1S/C23H22N2O4/c1-27-20-11-9-19(10-12-20)23(26)25-24-15-18-8-13-21(22(14-18)28-2)29-16-17-6-4-3-5-7-17/h3-15H,16H2,1-2H3,(H,25,26). The van der Waals surface area contributed by atoms with Crippen LogP contribution in [0.4, 0.5) is 0 Å². The van der Waals surface area contributed by atoms with Crippen LogP contribution >= 0.6 is 0 Å². The minimum atomic E-state index is -0.307. The summed E-state index contributed by atoms with van der Waals surface area (Å²) in [5.41, 5.74) is 4.83. The Morgan fingerprint density at radius 1 is 0.931 bits per heavy atom. The molecule has 1 amide bonds. The quantitative estimate of drug-likeness (QED) is 0.465. The van der Waals surface area contributed by atoms with E-state index in [0.717, 1.165) is 11.1 Å². The average Bonchev–Trinajstić information content (AvgIpc) is 2.78. The van der Waals surface area contributed by atoms with E-state index in [1.54, 1.807) is 50.8 Å². The zero-order chi connectivity index (χ0) is 20.5. The molecule has 3 aromatic rings. The van der Waals surface area contributed by atoms with Gasteiger partial charge in [0.1, 0.15) is 12.4 Å². The molecule has 3 aromatic carbocycles. The molecule has 0 bridgehead atoms. The van der Waals surface area contributed by atoms with Crippen molar-refractivity contribution in [1.82, 2.24) is 5.43 Å². The highest BCUT2D eigenvalue weighted by Gasteiger charge is 2.07. The van der Waals surface area contributed by atoms with Crippen LogP contribution in [0.1, 0.15) is 21.5 Å². The lowest BCUT2D eigenvalue weighted by Crippen LogP contribution is -2.17. The summed E-state index contributed by atoms with van der Waals surface area (Å²) in [6.45, 7) is 0.447. The van der Waals surface area contributed by atoms with Crippen LogP contribution in [0.15, 0.2) is 77.9 Å². The third kappa shape index (κ3) is 5.59. The summed E-state index contributed by atoms with van der Waals surface area (Å²) < 4.78 is 16.3. The van der Waals surface area contributed by atoms with Crippen LogP contribution in [0, 0.1) is 0 Å². The monoisotopic (exact) mass is 390 g/mol. The Morgan fingerprint density at radius 3 is 2.38 bits per heavy atom. The highest BCUT2D eigenvalue weighted by atomic mass is 16.5. The third-order valence-electron chi connectivity index (χ3n) is 4.16. The number of hydrogen-bond acceptors (Lipinski definition) is 5. The van der Waals surface area contributed by atoms with Crippen molar-refractivity contribution in [1.29, 1.82) is 0 Å². The van der Waals surface area contributed by atoms with Gasteiger partial charge in [-0.15, -0.1) is 0 Å². The first-order valence-electron chi connectivity index (χ1n) is 9.02. The molecule has 29 heavy (non-hydrogen) atoms. The summed E-state index contributed by atoms with van der Waals surface area (Å²) in [4.78, 5) is 12.1. The number of nitrogens with one attached hydrogen (secondary N) is 1. The first-order chi connectivity index (χ1) is 14.2. The maximum absolute atomic E-state index is 12.1. The molecule has 0 spiro atoms. The number of benzene rings is 3. The summed E-state index contributed by atoms with van der Waals surface area (Å²) in [6.07, 6.45) is 1.55. The molecular formula is C23H22N2O4. The lowest BCUT2D eigenvalue weighted by atomic mass is 10.2. The fourth-order valence-electron chi connectivity index (χ4n) is 2.59. The molecule has 6 nitrogen and oxygen atoms in total. The van der Waals surface area contributed by atoms with Crippen LogP contribution in [-0.4, -0.2) is 26.3 Å². The largest absolute Gasteiger partial charge is 0.497 e. The van der Waals surface area contributed by atoms with Gasteiger partial charge >= 0.3 is 0 Å². The minimum Gasteiger partial charge on any atom is -0.497 e. The third-order valence-corrected chi connectivity index (χ3v) is 4.16. The Labute approximate surface area is 169 Å². The first-order valence-corrected chi connectivity index (χ1v) is 9.02. The van der Waals surface area contributed by atoms with Crippen LogP contribution in [-0.2, 0) is 6.61 Å². The molecule has 0 saturated carbocycles. The Morgan fingerprint density at radius 2 is 1.69 bits per heavy atom. The molecule has 3 rings (SSSR count). The minimum absolute atomic E-state index is 0.307. The van der Waals surface area contributed by atoms with Crippen molar-refractivity contribution in [3.63, 3.8) is 0 Å². The van der Waals surface area contributed by atoms with E-state index in [0.29, 0.717) is 29.4 Å². The molecule has 0 fully saturated rings. The molecule has 6 heteroatoms. The van der Waals surface area contributed by atoms with E-state index in [-0.39, 0.29) is 5.91 Å². The van der Waals surface area contributed by atoms with Crippen molar-refractivity contribution in [3.05, 3.63) is 89.5 Å². The number of hydrogen-bond donors (Lipinski definition) is 1. The highest BCUT2D eigenvalue weighted by Crippen LogP contribution is 2.28. The summed E-state index contributed by atoms with van der Waals surface area (Å²) in [7, 11) is 3.16. The maximum Gasteiger partial charge on any atom is 0.271 e. The fourth-order valence-corrected chi connectivity index (χ4v) is 2.59. The van der Waals surface area contributed by atoms with Gasteiger partial charge in [0.2, 0.25) is 0 Å². The fraction of sp³-hybridized carbons (Fsp3) is 0.130. The summed E-state index contributed by atoms with van der Waals surface area (Å²) >= 11 is 0. The van der Waals surface area contributed by atoms with E-state index in [9.17, 15) is 4.79 Å². The molecule has 0 unspecified atom stereocenters. The molecule has 0 aliphatic rings. The lowest BCUT2D eigenvalue weighted by molar-refractivity contribution is 0.0955. The van der Waals surface area contributed by atoms with Gasteiger partial charge in [-0.3, -0.25) is 4.79 Å². The second-order valence-electron chi connectivity index (χ2n) is 6.11. The highest BCUT2D eigenvalue weighted by molar-refractivity contribution is 5.95. The Balaban J connectivity index is 1.60. The number of ether oxygens (including phenoxy) is 3. The number of nitrogens with zero attached hydrogens (tertiary/aromatic N) is 1. The number of amides is 1. The van der Waals surface area contributed by atoms with Crippen molar-refractivity contribution in [2.45, 2.75) is 6.61 Å². The van der Waals surface area contributed by atoms with Gasteiger partial charge in [-0.25, -0.2) is 5.43 Å². The Kier molecular flexibility index (Phi) is 6.84. The molecule has 0 aromatic heterocycles. The van der Waals surface area contributed by atoms with E-state index in [2.05, 4.69) is 10.5 Å². The van der Waals surface area contributed by atoms with Crippen LogP contribution in [0.25, 0.3) is 0 Å². The number of methoxy groups -OCH3 is 2. The van der Waals surface area contributed by atoms with E-state index in [1.165, 1.54) is 0 Å². The molecule has 1 N–H and O–H groups in total. The zero-order valence-corrected chi connectivity index (χ0v) is 16.3. The van der Waals surface area contributed by atoms with Crippen LogP contribution in [0.3, 0.4) is 0 Å². The zero-order valence-electron chi connectivity index (χ0n) is 16.3. The SMILES string of the molecule is COc1ccc(C(=O)NN=Cc2ccc(OCc3ccccc3)c(OC)c2)cc1. The van der Waals surface area contributed by atoms with Crippen molar-refractivity contribution in [2.24, 2.45) is 5.10 Å². The van der Waals surface area contributed by atoms with Crippen LogP contribution < -0.4 is 19.6 Å². The molecule has 148 valence electrons. The molecule has 0 heterocycles. The first kappa shape index (κ1) is 19.9. The predicted octanol–water partition coefficient (Wildman–Crippen LogP) is 4.05. The van der Waals surface area contributed by atoms with Gasteiger partial charge in [0.05, 0.1) is 20.4 Å². The molecule has 0 atom stereocenters.